The molecule has 3 heterocycles. The highest BCUT2D eigenvalue weighted by Gasteiger charge is 2.31. The van der Waals surface area contributed by atoms with Gasteiger partial charge in [0, 0.05) is 24.0 Å². The fourth-order valence-corrected chi connectivity index (χ4v) is 6.43. The first-order valence-electron chi connectivity index (χ1n) is 16.7. The lowest BCUT2D eigenvalue weighted by Gasteiger charge is -2.41. The Labute approximate surface area is 281 Å². The Morgan fingerprint density at radius 3 is 2.50 bits per heavy atom. The minimum absolute atomic E-state index is 0.0415. The molecule has 1 fully saturated rings. The second-order valence-electron chi connectivity index (χ2n) is 13.0. The zero-order valence-electron chi connectivity index (χ0n) is 28.2. The van der Waals surface area contributed by atoms with Crippen LogP contribution in [0, 0.1) is 22.1 Å². The number of aliphatic hydroxyl groups is 1. The summed E-state index contributed by atoms with van der Waals surface area (Å²) < 4.78 is 9.70. The molecule has 256 valence electrons. The molecule has 0 unspecified atom stereocenters. The molecule has 0 spiro atoms. The fourth-order valence-electron chi connectivity index (χ4n) is 6.43. The van der Waals surface area contributed by atoms with Crippen LogP contribution in [0.2, 0.25) is 0 Å². The lowest BCUT2D eigenvalue weighted by molar-refractivity contribution is 0.169. The highest BCUT2D eigenvalue weighted by molar-refractivity contribution is 5.95. The Hall–Kier alpha value is -4.91. The highest BCUT2D eigenvalue weighted by atomic mass is 16.5. The molecular formula is C35H48N10O3. The van der Waals surface area contributed by atoms with E-state index in [0.717, 1.165) is 30.4 Å². The number of aromatic nitrogens is 3. The first-order valence-corrected chi connectivity index (χ1v) is 16.7. The number of nitrogens with one attached hydrogen (secondary N) is 6. The molecule has 1 saturated heterocycles. The summed E-state index contributed by atoms with van der Waals surface area (Å²) in [5.41, 5.74) is 3.11. The van der Waals surface area contributed by atoms with Gasteiger partial charge in [-0.1, -0.05) is 38.1 Å². The Bertz CT molecular complexity index is 1700. The van der Waals surface area contributed by atoms with Crippen molar-refractivity contribution in [3.63, 3.8) is 0 Å². The predicted octanol–water partition coefficient (Wildman–Crippen LogP) is 5.09. The maximum atomic E-state index is 13.4. The van der Waals surface area contributed by atoms with Crippen molar-refractivity contribution >= 4 is 23.4 Å². The number of allylic oxidation sites excluding steroid dienone is 1. The average molecular weight is 657 g/mol. The van der Waals surface area contributed by atoms with Gasteiger partial charge in [-0.3, -0.25) is 25.4 Å². The van der Waals surface area contributed by atoms with Gasteiger partial charge in [0.25, 0.3) is 0 Å². The lowest BCUT2D eigenvalue weighted by Crippen LogP contribution is -2.51. The van der Waals surface area contributed by atoms with Crippen molar-refractivity contribution in [2.75, 3.05) is 11.9 Å². The quantitative estimate of drug-likeness (QED) is 0.118. The van der Waals surface area contributed by atoms with E-state index in [1.165, 1.54) is 0 Å². The number of carbonyl (C=O) groups excluding carboxylic acids is 1. The number of ether oxygens (including phenoxy) is 1. The van der Waals surface area contributed by atoms with Gasteiger partial charge in [0.05, 0.1) is 37.3 Å². The Balaban J connectivity index is 1.29. The number of benzene rings is 1. The van der Waals surface area contributed by atoms with Crippen LogP contribution in [0.5, 0.6) is 5.75 Å². The summed E-state index contributed by atoms with van der Waals surface area (Å²) in [6.07, 6.45) is 10.8. The van der Waals surface area contributed by atoms with E-state index in [4.69, 9.17) is 21.0 Å². The number of fused-ring (bicyclic) bond motifs is 1. The third-order valence-corrected chi connectivity index (χ3v) is 9.02. The molecule has 48 heavy (non-hydrogen) atoms. The molecule has 0 radical (unpaired) electrons. The summed E-state index contributed by atoms with van der Waals surface area (Å²) in [5, 5.41) is 48.4. The number of anilines is 1. The molecule has 1 aliphatic carbocycles. The van der Waals surface area contributed by atoms with Crippen LogP contribution in [0.3, 0.4) is 0 Å². The number of nitrogens with zero attached hydrogens (tertiary/aromatic N) is 4. The molecule has 13 heteroatoms. The lowest BCUT2D eigenvalue weighted by atomic mass is 9.85. The van der Waals surface area contributed by atoms with Gasteiger partial charge in [-0.25, -0.2) is 4.79 Å². The number of pyridine rings is 1. The van der Waals surface area contributed by atoms with Crippen LogP contribution in [0.4, 0.5) is 10.5 Å². The standard InChI is InChI=1S/C35H48N10O3/c1-22(2)29(36)18-33(40-25-19-39-43(20-25)16-17-46)42-35(47)41-30-13-14-31(28-11-6-5-10-27(28)30)48-26-12-15-32(37)44(21-26)34(38)45-23(3)8-7-9-24(45)4/h5-6,10-12,15,18-24,30-31,36-38,40,46H,7-9,13-14,16-17H2,1-4H3,(H2,41,42,47)/b33-18+,36-29?,37-32?,38-34?/t23-,24+,30-,31+/m0/s1. The molecule has 3 aromatic rings. The molecule has 1 aromatic carbocycles. The number of amides is 2. The van der Waals surface area contributed by atoms with Crippen LogP contribution < -0.4 is 26.2 Å². The summed E-state index contributed by atoms with van der Waals surface area (Å²) in [7, 11) is 0. The van der Waals surface area contributed by atoms with E-state index in [1.54, 1.807) is 46.0 Å². The van der Waals surface area contributed by atoms with Gasteiger partial charge in [-0.2, -0.15) is 5.10 Å². The number of piperidine rings is 1. The van der Waals surface area contributed by atoms with E-state index in [9.17, 15) is 9.90 Å². The summed E-state index contributed by atoms with van der Waals surface area (Å²) in [4.78, 5) is 15.5. The minimum Gasteiger partial charge on any atom is -0.484 e. The van der Waals surface area contributed by atoms with Gasteiger partial charge in [0.1, 0.15) is 23.2 Å². The maximum absolute atomic E-state index is 13.4. The minimum atomic E-state index is -0.418. The number of likely N-dealkylation sites (tertiary alicyclic amines) is 1. The van der Waals surface area contributed by atoms with E-state index >= 15 is 0 Å². The molecule has 2 aliphatic rings. The topological polar surface area (TPSA) is 180 Å². The third-order valence-electron chi connectivity index (χ3n) is 9.02. The Morgan fingerprint density at radius 1 is 1.06 bits per heavy atom. The monoisotopic (exact) mass is 656 g/mol. The van der Waals surface area contributed by atoms with E-state index < -0.39 is 6.03 Å². The molecule has 0 saturated carbocycles. The van der Waals surface area contributed by atoms with Gasteiger partial charge in [0.2, 0.25) is 5.96 Å². The van der Waals surface area contributed by atoms with Crippen LogP contribution in [0.15, 0.2) is 66.9 Å². The van der Waals surface area contributed by atoms with E-state index in [-0.39, 0.29) is 48.2 Å². The van der Waals surface area contributed by atoms with Gasteiger partial charge in [0.15, 0.2) is 0 Å². The van der Waals surface area contributed by atoms with Crippen LogP contribution in [0.1, 0.15) is 83.1 Å². The molecule has 1 aliphatic heterocycles. The molecular weight excluding hydrogens is 608 g/mol. The van der Waals surface area contributed by atoms with E-state index in [1.807, 2.05) is 38.1 Å². The summed E-state index contributed by atoms with van der Waals surface area (Å²) in [5.74, 6) is 1.16. The number of hydrogen-bond donors (Lipinski definition) is 7. The van der Waals surface area contributed by atoms with Crippen LogP contribution in [-0.2, 0) is 6.54 Å². The molecule has 2 aromatic heterocycles. The van der Waals surface area contributed by atoms with Crippen molar-refractivity contribution in [3.8, 4) is 5.75 Å². The Kier molecular flexibility index (Phi) is 11.0. The molecule has 0 bridgehead atoms. The number of hydrogen-bond acceptors (Lipinski definition) is 8. The van der Waals surface area contributed by atoms with Crippen molar-refractivity contribution in [1.29, 1.82) is 16.2 Å². The normalized spacial score (nSPS) is 21.0. The Morgan fingerprint density at radius 2 is 1.79 bits per heavy atom. The van der Waals surface area contributed by atoms with Gasteiger partial charge in [-0.05, 0) is 81.2 Å². The summed E-state index contributed by atoms with van der Waals surface area (Å²) >= 11 is 0. The van der Waals surface area contributed by atoms with Gasteiger partial charge < -0.3 is 30.8 Å². The van der Waals surface area contributed by atoms with E-state index in [2.05, 4.69) is 39.8 Å². The van der Waals surface area contributed by atoms with Crippen molar-refractivity contribution in [2.24, 2.45) is 5.92 Å². The molecule has 7 N–H and O–H groups in total. The predicted molar refractivity (Wildman–Crippen MR) is 185 cm³/mol. The third kappa shape index (κ3) is 8.14. The zero-order chi connectivity index (χ0) is 34.4. The van der Waals surface area contributed by atoms with Crippen LogP contribution in [-0.4, -0.2) is 60.7 Å². The number of aliphatic hydroxyl groups excluding tert-OH is 1. The highest BCUT2D eigenvalue weighted by Crippen LogP contribution is 2.38. The molecule has 5 rings (SSSR count). The van der Waals surface area contributed by atoms with Crippen molar-refractivity contribution in [2.45, 2.75) is 90.6 Å². The smallest absolute Gasteiger partial charge is 0.320 e. The molecule has 13 nitrogen and oxygen atoms in total. The average Bonchev–Trinajstić information content (AvgIpc) is 3.49. The van der Waals surface area contributed by atoms with E-state index in [0.29, 0.717) is 42.4 Å². The van der Waals surface area contributed by atoms with Crippen molar-refractivity contribution < 1.29 is 14.6 Å². The second-order valence-corrected chi connectivity index (χ2v) is 13.0. The molecule has 4 atom stereocenters. The SMILES string of the molecule is CC(C)C(=N)/C=C(/NC(=O)N[C@H]1CC[C@@H](Oc2ccc(=N)n(C(=N)N3[C@H](C)CCC[C@@H]3C)c2)c2ccccc21)Nc1cnn(CCO)c1. The second kappa shape index (κ2) is 15.3. The van der Waals surface area contributed by atoms with Gasteiger partial charge >= 0.3 is 6.03 Å². The van der Waals surface area contributed by atoms with Crippen LogP contribution >= 0.6 is 0 Å². The maximum Gasteiger partial charge on any atom is 0.320 e. The number of rotatable bonds is 10. The first-order chi connectivity index (χ1) is 23.0. The number of carbonyl (C=O) groups is 1. The van der Waals surface area contributed by atoms with Crippen molar-refractivity contribution in [3.05, 3.63) is 83.5 Å². The number of urea groups is 1. The summed E-state index contributed by atoms with van der Waals surface area (Å²) in [6, 6.07) is 11.1. The largest absolute Gasteiger partial charge is 0.484 e. The summed E-state index contributed by atoms with van der Waals surface area (Å²) in [6.45, 7) is 8.40. The first kappa shape index (κ1) is 34.4. The van der Waals surface area contributed by atoms with Gasteiger partial charge in [-0.15, -0.1) is 0 Å². The fraction of sp³-hybridized carbons (Fsp3) is 0.457. The van der Waals surface area contributed by atoms with Crippen LogP contribution in [0.25, 0.3) is 0 Å². The molecule has 2 amide bonds. The zero-order valence-corrected chi connectivity index (χ0v) is 28.2. The van der Waals surface area contributed by atoms with Crippen molar-refractivity contribution in [1.82, 2.24) is 29.9 Å².